The molecule has 0 atom stereocenters. The fraction of sp³-hybridized carbons (Fsp3) is 1.00. The van der Waals surface area contributed by atoms with Gasteiger partial charge in [-0.2, -0.15) is 0 Å². The van der Waals surface area contributed by atoms with Crippen LogP contribution in [0.1, 0.15) is 155 Å². The summed E-state index contributed by atoms with van der Waals surface area (Å²) in [5.41, 5.74) is 0. The normalized spacial score (nSPS) is 11.6. The van der Waals surface area contributed by atoms with Crippen molar-refractivity contribution in [2.24, 2.45) is 0 Å². The van der Waals surface area contributed by atoms with Crippen LogP contribution in [0.5, 0.6) is 0 Å². The lowest BCUT2D eigenvalue weighted by molar-refractivity contribution is -0.910. The zero-order valence-corrected chi connectivity index (χ0v) is 24.8. The number of aliphatic hydroxyl groups is 1. The highest BCUT2D eigenvalue weighted by atomic mass is 127. The van der Waals surface area contributed by atoms with Crippen LogP contribution in [0.25, 0.3) is 0 Å². The van der Waals surface area contributed by atoms with Crippen LogP contribution in [0.2, 0.25) is 0 Å². The highest BCUT2D eigenvalue weighted by Gasteiger charge is 2.20. The molecular formula is C29H62INO. The lowest BCUT2D eigenvalue weighted by atomic mass is 10.1. The number of aliphatic hydroxyl groups excluding tert-OH is 1. The van der Waals surface area contributed by atoms with E-state index in [0.717, 1.165) is 6.42 Å². The van der Waals surface area contributed by atoms with Gasteiger partial charge < -0.3 is 33.6 Å². The Hall–Kier alpha value is 0.650. The Morgan fingerprint density at radius 1 is 0.406 bits per heavy atom. The fourth-order valence-electron chi connectivity index (χ4n) is 4.90. The maximum atomic E-state index is 9.19. The van der Waals surface area contributed by atoms with E-state index in [1.165, 1.54) is 159 Å². The first kappa shape index (κ1) is 34.8. The van der Waals surface area contributed by atoms with Crippen molar-refractivity contribution in [2.75, 3.05) is 33.3 Å². The number of quaternary nitrogens is 1. The molecule has 0 saturated heterocycles. The molecule has 0 aromatic heterocycles. The summed E-state index contributed by atoms with van der Waals surface area (Å²) in [4.78, 5) is 0. The average molecular weight is 568 g/mol. The number of rotatable bonds is 26. The molecule has 0 saturated carbocycles. The predicted molar refractivity (Wildman–Crippen MR) is 141 cm³/mol. The van der Waals surface area contributed by atoms with Gasteiger partial charge in [0.25, 0.3) is 0 Å². The maximum absolute atomic E-state index is 9.19. The maximum Gasteiger partial charge on any atom is 0.0785 e. The van der Waals surface area contributed by atoms with E-state index in [9.17, 15) is 5.11 Å². The summed E-state index contributed by atoms with van der Waals surface area (Å²) in [7, 11) is 2.48. The van der Waals surface area contributed by atoms with Crippen molar-refractivity contribution in [1.82, 2.24) is 0 Å². The van der Waals surface area contributed by atoms with Gasteiger partial charge in [0.15, 0.2) is 0 Å². The Labute approximate surface area is 221 Å². The fourth-order valence-corrected chi connectivity index (χ4v) is 4.90. The first-order valence-corrected chi connectivity index (χ1v) is 14.6. The second kappa shape index (κ2) is 27.9. The molecule has 1 N–H and O–H groups in total. The van der Waals surface area contributed by atoms with Gasteiger partial charge >= 0.3 is 0 Å². The molecule has 0 amide bonds. The van der Waals surface area contributed by atoms with Crippen LogP contribution in [0.3, 0.4) is 0 Å². The Morgan fingerprint density at radius 2 is 0.656 bits per heavy atom. The summed E-state index contributed by atoms with van der Waals surface area (Å²) >= 11 is 0. The summed E-state index contributed by atoms with van der Waals surface area (Å²) in [5, 5.41) is 9.19. The minimum Gasteiger partial charge on any atom is -1.00 e. The van der Waals surface area contributed by atoms with E-state index < -0.39 is 0 Å². The molecule has 0 aromatic carbocycles. The second-order valence-electron chi connectivity index (χ2n) is 10.6. The third kappa shape index (κ3) is 25.3. The van der Waals surface area contributed by atoms with Crippen molar-refractivity contribution in [3.8, 4) is 0 Å². The molecule has 0 aliphatic carbocycles. The highest BCUT2D eigenvalue weighted by Crippen LogP contribution is 2.16. The quantitative estimate of drug-likeness (QED) is 0.0767. The van der Waals surface area contributed by atoms with E-state index in [-0.39, 0.29) is 24.0 Å². The lowest BCUT2D eigenvalue weighted by Crippen LogP contribution is -3.00. The van der Waals surface area contributed by atoms with Crippen molar-refractivity contribution >= 4 is 0 Å². The van der Waals surface area contributed by atoms with Gasteiger partial charge in [0, 0.05) is 6.61 Å². The van der Waals surface area contributed by atoms with Gasteiger partial charge in [0.05, 0.1) is 26.7 Å². The van der Waals surface area contributed by atoms with Crippen LogP contribution in [-0.2, 0) is 0 Å². The molecule has 0 fully saturated rings. The molecule has 0 spiro atoms. The van der Waals surface area contributed by atoms with E-state index in [1.54, 1.807) is 0 Å². The molecule has 196 valence electrons. The minimum atomic E-state index is 0. The van der Waals surface area contributed by atoms with Gasteiger partial charge in [-0.25, -0.2) is 0 Å². The Balaban J connectivity index is 0. The Bertz CT molecular complexity index is 313. The molecule has 0 heterocycles. The number of unbranched alkanes of at least 4 members (excludes halogenated alkanes) is 19. The number of nitrogens with zero attached hydrogens (tertiary/aromatic N) is 1. The van der Waals surface area contributed by atoms with Gasteiger partial charge in [-0.1, -0.05) is 117 Å². The molecule has 0 aliphatic heterocycles. The van der Waals surface area contributed by atoms with Crippen molar-refractivity contribution in [1.29, 1.82) is 0 Å². The smallest absolute Gasteiger partial charge is 0.0785 e. The first-order chi connectivity index (χ1) is 15.2. The molecule has 0 rings (SSSR count). The van der Waals surface area contributed by atoms with Gasteiger partial charge in [-0.05, 0) is 38.5 Å². The molecule has 0 radical (unpaired) electrons. The Morgan fingerprint density at radius 3 is 0.938 bits per heavy atom. The zero-order valence-electron chi connectivity index (χ0n) is 22.7. The molecule has 0 unspecified atom stereocenters. The molecule has 0 aromatic rings. The molecule has 3 heteroatoms. The molecular weight excluding hydrogens is 505 g/mol. The van der Waals surface area contributed by atoms with Gasteiger partial charge in [0.2, 0.25) is 0 Å². The molecule has 0 bridgehead atoms. The summed E-state index contributed by atoms with van der Waals surface area (Å²) in [6.45, 7) is 8.91. The standard InChI is InChI=1S/C29H62NO.HI/c1-4-6-8-10-12-14-16-18-20-22-26-30(3,28-24-25-29-31)27-23-21-19-17-15-13-11-9-7-5-2;/h31H,4-29H2,1-3H3;1H/q+1;/p-1. The van der Waals surface area contributed by atoms with E-state index >= 15 is 0 Å². The van der Waals surface area contributed by atoms with E-state index in [0.29, 0.717) is 6.61 Å². The van der Waals surface area contributed by atoms with Crippen LogP contribution in [0.4, 0.5) is 0 Å². The van der Waals surface area contributed by atoms with Crippen molar-refractivity contribution < 1.29 is 33.6 Å². The SMILES string of the molecule is CCCCCCCCCCCC[N+](C)(CCCCO)CCCCCCCCCCCC.[I-]. The number of hydrogen-bond donors (Lipinski definition) is 1. The van der Waals surface area contributed by atoms with Crippen molar-refractivity contribution in [2.45, 2.75) is 155 Å². The molecule has 32 heavy (non-hydrogen) atoms. The van der Waals surface area contributed by atoms with E-state index in [2.05, 4.69) is 20.9 Å². The van der Waals surface area contributed by atoms with Crippen molar-refractivity contribution in [3.63, 3.8) is 0 Å². The summed E-state index contributed by atoms with van der Waals surface area (Å²) in [6, 6.07) is 0. The summed E-state index contributed by atoms with van der Waals surface area (Å²) in [5.74, 6) is 0. The van der Waals surface area contributed by atoms with Crippen LogP contribution < -0.4 is 24.0 Å². The number of hydrogen-bond acceptors (Lipinski definition) is 1. The zero-order chi connectivity index (χ0) is 22.9. The van der Waals surface area contributed by atoms with E-state index in [1.807, 2.05) is 0 Å². The molecule has 0 aliphatic rings. The molecule has 2 nitrogen and oxygen atoms in total. The lowest BCUT2D eigenvalue weighted by Gasteiger charge is -2.35. The third-order valence-electron chi connectivity index (χ3n) is 7.21. The Kier molecular flexibility index (Phi) is 30.3. The van der Waals surface area contributed by atoms with Crippen molar-refractivity contribution in [3.05, 3.63) is 0 Å². The first-order valence-electron chi connectivity index (χ1n) is 14.6. The van der Waals surface area contributed by atoms with E-state index in [4.69, 9.17) is 0 Å². The minimum absolute atomic E-state index is 0. The topological polar surface area (TPSA) is 20.2 Å². The largest absolute Gasteiger partial charge is 1.00 e. The second-order valence-corrected chi connectivity index (χ2v) is 10.6. The number of halogens is 1. The van der Waals surface area contributed by atoms with Gasteiger partial charge in [-0.15, -0.1) is 0 Å². The van der Waals surface area contributed by atoms with Crippen LogP contribution in [0, 0.1) is 0 Å². The summed E-state index contributed by atoms with van der Waals surface area (Å²) < 4.78 is 1.24. The highest BCUT2D eigenvalue weighted by molar-refractivity contribution is 4.51. The predicted octanol–water partition coefficient (Wildman–Crippen LogP) is 6.05. The van der Waals surface area contributed by atoms with Gasteiger partial charge in [0.1, 0.15) is 0 Å². The van der Waals surface area contributed by atoms with Crippen LogP contribution in [0.15, 0.2) is 0 Å². The average Bonchev–Trinajstić information content (AvgIpc) is 2.76. The van der Waals surface area contributed by atoms with Crippen LogP contribution >= 0.6 is 0 Å². The monoisotopic (exact) mass is 567 g/mol. The third-order valence-corrected chi connectivity index (χ3v) is 7.21. The van der Waals surface area contributed by atoms with Crippen LogP contribution in [-0.4, -0.2) is 42.9 Å². The van der Waals surface area contributed by atoms with Gasteiger partial charge in [-0.3, -0.25) is 0 Å². The summed E-state index contributed by atoms with van der Waals surface area (Å²) in [6.07, 6.45) is 30.7.